The summed E-state index contributed by atoms with van der Waals surface area (Å²) < 4.78 is 44.9. The topological polar surface area (TPSA) is 33.5 Å². The van der Waals surface area contributed by atoms with Gasteiger partial charge >= 0.3 is 6.18 Å². The Morgan fingerprint density at radius 3 is 2.50 bits per heavy atom. The monoisotopic (exact) mass is 445 g/mol. The molecule has 0 aliphatic carbocycles. The van der Waals surface area contributed by atoms with Crippen LogP contribution in [0.15, 0.2) is 70.0 Å². The van der Waals surface area contributed by atoms with Gasteiger partial charge in [0.15, 0.2) is 4.32 Å². The summed E-state index contributed by atoms with van der Waals surface area (Å²) in [6.07, 6.45) is -2.89. The van der Waals surface area contributed by atoms with E-state index in [1.54, 1.807) is 18.2 Å². The minimum Gasteiger partial charge on any atom is -0.457 e. The van der Waals surface area contributed by atoms with Crippen molar-refractivity contribution in [2.24, 2.45) is 0 Å². The molecule has 0 unspecified atom stereocenters. The van der Waals surface area contributed by atoms with Crippen molar-refractivity contribution in [3.05, 3.63) is 82.5 Å². The molecule has 0 atom stereocenters. The summed E-state index contributed by atoms with van der Waals surface area (Å²) in [7, 11) is 0. The normalized spacial score (nSPS) is 16.0. The molecule has 0 radical (unpaired) electrons. The van der Waals surface area contributed by atoms with Crippen molar-refractivity contribution in [2.75, 3.05) is 4.90 Å². The average Bonchev–Trinajstić information content (AvgIpc) is 3.27. The standard InChI is InChI=1S/C22H14F3NO2S2/c1-13-5-7-16(8-6-13)26-20(27)19(30-21(26)29)12-17-9-10-18(28-17)14-3-2-4-15(11-14)22(23,24)25/h2-12H,1H3/b19-12+. The third kappa shape index (κ3) is 4.06. The number of hydrogen-bond acceptors (Lipinski definition) is 4. The van der Waals surface area contributed by atoms with E-state index in [0.29, 0.717) is 26.2 Å². The van der Waals surface area contributed by atoms with E-state index in [9.17, 15) is 18.0 Å². The molecule has 30 heavy (non-hydrogen) atoms. The largest absolute Gasteiger partial charge is 0.457 e. The van der Waals surface area contributed by atoms with Gasteiger partial charge in [0.1, 0.15) is 11.5 Å². The Bertz CT molecular complexity index is 1160. The van der Waals surface area contributed by atoms with Gasteiger partial charge in [-0.05, 0) is 43.3 Å². The molecule has 3 nitrogen and oxygen atoms in total. The number of halogens is 3. The molecule has 1 aliphatic heterocycles. The van der Waals surface area contributed by atoms with Crippen LogP contribution >= 0.6 is 24.0 Å². The number of thiocarbonyl (C=S) groups is 1. The number of hydrogen-bond donors (Lipinski definition) is 0. The lowest BCUT2D eigenvalue weighted by Crippen LogP contribution is -2.27. The van der Waals surface area contributed by atoms with Crippen LogP contribution < -0.4 is 4.90 Å². The van der Waals surface area contributed by atoms with Crippen LogP contribution in [-0.2, 0) is 11.0 Å². The van der Waals surface area contributed by atoms with Gasteiger partial charge in [0.05, 0.1) is 16.2 Å². The number of thioether (sulfide) groups is 1. The van der Waals surface area contributed by atoms with Gasteiger partial charge in [-0.15, -0.1) is 0 Å². The molecule has 0 N–H and O–H groups in total. The first-order valence-corrected chi connectivity index (χ1v) is 10.1. The number of benzene rings is 2. The zero-order valence-corrected chi connectivity index (χ0v) is 17.2. The lowest BCUT2D eigenvalue weighted by molar-refractivity contribution is -0.137. The summed E-state index contributed by atoms with van der Waals surface area (Å²) in [6, 6.07) is 15.5. The second-order valence-corrected chi connectivity index (χ2v) is 8.31. The highest BCUT2D eigenvalue weighted by Gasteiger charge is 2.33. The number of nitrogens with zero attached hydrogens (tertiary/aromatic N) is 1. The highest BCUT2D eigenvalue weighted by molar-refractivity contribution is 8.27. The van der Waals surface area contributed by atoms with Gasteiger partial charge in [-0.2, -0.15) is 13.2 Å². The Hall–Kier alpha value is -2.84. The first-order valence-electron chi connectivity index (χ1n) is 8.84. The molecule has 1 fully saturated rings. The van der Waals surface area contributed by atoms with E-state index in [4.69, 9.17) is 16.6 Å². The quantitative estimate of drug-likeness (QED) is 0.333. The van der Waals surface area contributed by atoms with Gasteiger partial charge in [0.2, 0.25) is 0 Å². The molecule has 1 aromatic heterocycles. The van der Waals surface area contributed by atoms with Gasteiger partial charge in [0, 0.05) is 11.6 Å². The SMILES string of the molecule is Cc1ccc(N2C(=O)/C(=C\c3ccc(-c4cccc(C(F)(F)F)c4)o3)SC2=S)cc1. The van der Waals surface area contributed by atoms with E-state index >= 15 is 0 Å². The molecule has 2 aromatic carbocycles. The van der Waals surface area contributed by atoms with Crippen LogP contribution in [0, 0.1) is 6.92 Å². The third-order valence-corrected chi connectivity index (χ3v) is 5.76. The minimum atomic E-state index is -4.44. The Morgan fingerprint density at radius 2 is 1.80 bits per heavy atom. The first kappa shape index (κ1) is 20.4. The maximum absolute atomic E-state index is 12.9. The van der Waals surface area contributed by atoms with Crippen molar-refractivity contribution in [3.63, 3.8) is 0 Å². The molecule has 1 amide bonds. The summed E-state index contributed by atoms with van der Waals surface area (Å²) in [5, 5.41) is 0. The molecule has 4 rings (SSSR count). The number of anilines is 1. The first-order chi connectivity index (χ1) is 14.2. The van der Waals surface area contributed by atoms with Crippen LogP contribution in [0.25, 0.3) is 17.4 Å². The van der Waals surface area contributed by atoms with E-state index in [0.717, 1.165) is 29.5 Å². The van der Waals surface area contributed by atoms with Crippen molar-refractivity contribution in [3.8, 4) is 11.3 Å². The van der Waals surface area contributed by atoms with Gasteiger partial charge in [-0.3, -0.25) is 9.69 Å². The van der Waals surface area contributed by atoms with E-state index in [-0.39, 0.29) is 11.7 Å². The number of amides is 1. The molecule has 152 valence electrons. The highest BCUT2D eigenvalue weighted by Crippen LogP contribution is 2.37. The molecule has 0 saturated carbocycles. The summed E-state index contributed by atoms with van der Waals surface area (Å²) in [5.41, 5.74) is 1.29. The second kappa shape index (κ2) is 7.77. The molecule has 0 bridgehead atoms. The predicted octanol–water partition coefficient (Wildman–Crippen LogP) is 6.68. The average molecular weight is 445 g/mol. The molecular formula is C22H14F3NO2S2. The Labute approximate surface area is 180 Å². The minimum absolute atomic E-state index is 0.272. The van der Waals surface area contributed by atoms with Crippen molar-refractivity contribution in [1.82, 2.24) is 0 Å². The molecule has 2 heterocycles. The highest BCUT2D eigenvalue weighted by atomic mass is 32.2. The fourth-order valence-electron chi connectivity index (χ4n) is 2.95. The zero-order chi connectivity index (χ0) is 21.5. The summed E-state index contributed by atoms with van der Waals surface area (Å²) in [6.45, 7) is 1.95. The van der Waals surface area contributed by atoms with Gasteiger partial charge < -0.3 is 4.42 Å². The maximum atomic E-state index is 12.9. The number of carbonyl (C=O) groups excluding carboxylic acids is 1. The van der Waals surface area contributed by atoms with E-state index in [2.05, 4.69) is 0 Å². The fourth-order valence-corrected chi connectivity index (χ4v) is 4.23. The Morgan fingerprint density at radius 1 is 1.07 bits per heavy atom. The van der Waals surface area contributed by atoms with Gasteiger partial charge in [0.25, 0.3) is 5.91 Å². The van der Waals surface area contributed by atoms with Crippen molar-refractivity contribution in [1.29, 1.82) is 0 Å². The molecule has 8 heteroatoms. The Kier molecular flexibility index (Phi) is 5.29. The van der Waals surface area contributed by atoms with E-state index < -0.39 is 11.7 Å². The van der Waals surface area contributed by atoms with E-state index in [1.807, 2.05) is 31.2 Å². The van der Waals surface area contributed by atoms with Crippen LogP contribution in [0.4, 0.5) is 18.9 Å². The van der Waals surface area contributed by atoms with Crippen molar-refractivity contribution in [2.45, 2.75) is 13.1 Å². The van der Waals surface area contributed by atoms with Gasteiger partial charge in [-0.1, -0.05) is 53.8 Å². The van der Waals surface area contributed by atoms with Crippen molar-refractivity contribution >= 4 is 46.0 Å². The number of aryl methyl sites for hydroxylation is 1. The number of furan rings is 1. The molecule has 0 spiro atoms. The number of carbonyl (C=O) groups is 1. The summed E-state index contributed by atoms with van der Waals surface area (Å²) >= 11 is 6.49. The second-order valence-electron chi connectivity index (χ2n) is 6.63. The fraction of sp³-hybridized carbons (Fsp3) is 0.0909. The summed E-state index contributed by atoms with van der Waals surface area (Å²) in [4.78, 5) is 14.6. The summed E-state index contributed by atoms with van der Waals surface area (Å²) in [5.74, 6) is 0.360. The van der Waals surface area contributed by atoms with Crippen LogP contribution in [0.3, 0.4) is 0 Å². The molecular weight excluding hydrogens is 431 g/mol. The maximum Gasteiger partial charge on any atom is 0.416 e. The number of rotatable bonds is 3. The van der Waals surface area contributed by atoms with Crippen LogP contribution in [0.5, 0.6) is 0 Å². The van der Waals surface area contributed by atoms with Crippen LogP contribution in [0.2, 0.25) is 0 Å². The zero-order valence-electron chi connectivity index (χ0n) is 15.6. The predicted molar refractivity (Wildman–Crippen MR) is 116 cm³/mol. The third-order valence-electron chi connectivity index (χ3n) is 4.46. The smallest absolute Gasteiger partial charge is 0.416 e. The van der Waals surface area contributed by atoms with Gasteiger partial charge in [-0.25, -0.2) is 0 Å². The molecule has 3 aromatic rings. The van der Waals surface area contributed by atoms with Crippen LogP contribution in [-0.4, -0.2) is 10.2 Å². The van der Waals surface area contributed by atoms with E-state index in [1.165, 1.54) is 17.0 Å². The molecule has 1 aliphatic rings. The van der Waals surface area contributed by atoms with Crippen LogP contribution in [0.1, 0.15) is 16.9 Å². The number of alkyl halides is 3. The Balaban J connectivity index is 1.60. The lowest BCUT2D eigenvalue weighted by atomic mass is 10.1. The lowest BCUT2D eigenvalue weighted by Gasteiger charge is -2.14. The molecule has 1 saturated heterocycles. The van der Waals surface area contributed by atoms with Crippen molar-refractivity contribution < 1.29 is 22.4 Å².